The number of pyridine rings is 1. The third-order valence-corrected chi connectivity index (χ3v) is 4.68. The molecule has 0 atom stereocenters. The van der Waals surface area contributed by atoms with E-state index in [2.05, 4.69) is 20.3 Å². The van der Waals surface area contributed by atoms with Crippen molar-refractivity contribution in [2.45, 2.75) is 6.54 Å². The van der Waals surface area contributed by atoms with Gasteiger partial charge in [0.2, 0.25) is 11.8 Å². The minimum Gasteiger partial charge on any atom is -0.497 e. The minimum atomic E-state index is -0.515. The number of rotatable bonds is 6. The van der Waals surface area contributed by atoms with Crippen molar-refractivity contribution in [2.75, 3.05) is 12.4 Å². The second-order valence-corrected chi connectivity index (χ2v) is 6.59. The fraction of sp³-hybridized carbons (Fsp3) is 0.200. The lowest BCUT2D eigenvalue weighted by Gasteiger charge is -2.11. The Balaban J connectivity index is 1.61. The average Bonchev–Trinajstić information content (AvgIpc) is 3.08. The molecule has 0 spiro atoms. The van der Waals surface area contributed by atoms with Gasteiger partial charge in [-0.25, -0.2) is 9.78 Å². The van der Waals surface area contributed by atoms with E-state index in [1.807, 2.05) is 24.3 Å². The lowest BCUT2D eigenvalue weighted by Crippen LogP contribution is -2.29. The highest BCUT2D eigenvalue weighted by molar-refractivity contribution is 5.73. The first-order chi connectivity index (χ1) is 14.5. The predicted octanol–water partition coefficient (Wildman–Crippen LogP) is 1.77. The first-order valence-electron chi connectivity index (χ1n) is 9.13. The number of nitrogens with one attached hydrogen (secondary N) is 2. The molecule has 154 valence electrons. The summed E-state index contributed by atoms with van der Waals surface area (Å²) in [6, 6.07) is 10.9. The van der Waals surface area contributed by atoms with Gasteiger partial charge in [-0.05, 0) is 18.2 Å². The zero-order chi connectivity index (χ0) is 21.3. The molecule has 10 nitrogen and oxygen atoms in total. The summed E-state index contributed by atoms with van der Waals surface area (Å²) in [5.74, 6) is 2.15. The van der Waals surface area contributed by atoms with E-state index in [0.717, 1.165) is 5.56 Å². The van der Waals surface area contributed by atoms with E-state index in [0.29, 0.717) is 41.0 Å². The Morgan fingerprint density at radius 3 is 2.70 bits per heavy atom. The van der Waals surface area contributed by atoms with Crippen LogP contribution >= 0.6 is 0 Å². The molecule has 0 bridgehead atoms. The number of hydrogen-bond acceptors (Lipinski definition) is 7. The quantitative estimate of drug-likeness (QED) is 0.499. The third kappa shape index (κ3) is 3.50. The standard InChI is InChI=1S/C20H20N6O4/c1-25-15-16(26(2)20(28)24-17(15)27)23-19(25)22-11-12-6-5-9-21-18(12)30-14-8-4-7-13(10-14)29-3/h4-10H,11H2,1-3H3,(H,22,23)(H,24,27,28). The molecule has 0 fully saturated rings. The maximum Gasteiger partial charge on any atom is 0.329 e. The Hall–Kier alpha value is -4.08. The molecule has 4 aromatic rings. The second kappa shape index (κ2) is 7.74. The molecule has 0 aliphatic carbocycles. The number of H-pyrrole nitrogens is 1. The Bertz CT molecular complexity index is 1340. The highest BCUT2D eigenvalue weighted by Gasteiger charge is 2.15. The number of benzene rings is 1. The largest absolute Gasteiger partial charge is 0.497 e. The van der Waals surface area contributed by atoms with Gasteiger partial charge in [0, 0.05) is 38.5 Å². The van der Waals surface area contributed by atoms with Crippen LogP contribution in [0.3, 0.4) is 0 Å². The Kier molecular flexibility index (Phi) is 4.97. The molecule has 0 aliphatic heterocycles. The highest BCUT2D eigenvalue weighted by atomic mass is 16.5. The summed E-state index contributed by atoms with van der Waals surface area (Å²) in [5.41, 5.74) is 0.388. The number of aromatic amines is 1. The first kappa shape index (κ1) is 19.2. The topological polar surface area (TPSA) is 116 Å². The molecule has 2 N–H and O–H groups in total. The van der Waals surface area contributed by atoms with Gasteiger partial charge in [0.15, 0.2) is 11.2 Å². The third-order valence-electron chi connectivity index (χ3n) is 4.68. The predicted molar refractivity (Wildman–Crippen MR) is 111 cm³/mol. The van der Waals surface area contributed by atoms with Crippen LogP contribution in [0.4, 0.5) is 5.95 Å². The van der Waals surface area contributed by atoms with Gasteiger partial charge in [-0.2, -0.15) is 4.98 Å². The number of imidazole rings is 1. The van der Waals surface area contributed by atoms with Crippen molar-refractivity contribution in [3.63, 3.8) is 0 Å². The van der Waals surface area contributed by atoms with E-state index in [9.17, 15) is 9.59 Å². The van der Waals surface area contributed by atoms with Crippen LogP contribution in [0.25, 0.3) is 11.2 Å². The van der Waals surface area contributed by atoms with Crippen LogP contribution in [0.15, 0.2) is 52.2 Å². The number of aromatic nitrogens is 5. The van der Waals surface area contributed by atoms with Crippen LogP contribution in [0.1, 0.15) is 5.56 Å². The number of nitrogens with zero attached hydrogens (tertiary/aromatic N) is 4. The average molecular weight is 408 g/mol. The van der Waals surface area contributed by atoms with Gasteiger partial charge in [0.25, 0.3) is 5.56 Å². The summed E-state index contributed by atoms with van der Waals surface area (Å²) < 4.78 is 14.0. The van der Waals surface area contributed by atoms with Crippen LogP contribution in [0.2, 0.25) is 0 Å². The second-order valence-electron chi connectivity index (χ2n) is 6.59. The van der Waals surface area contributed by atoms with Crippen molar-refractivity contribution < 1.29 is 9.47 Å². The van der Waals surface area contributed by atoms with Crippen molar-refractivity contribution in [1.29, 1.82) is 0 Å². The Morgan fingerprint density at radius 2 is 1.90 bits per heavy atom. The molecule has 3 aromatic heterocycles. The summed E-state index contributed by atoms with van der Waals surface area (Å²) in [7, 11) is 4.85. The van der Waals surface area contributed by atoms with Gasteiger partial charge < -0.3 is 19.4 Å². The molecule has 4 rings (SSSR count). The van der Waals surface area contributed by atoms with Crippen molar-refractivity contribution in [3.05, 3.63) is 69.0 Å². The molecule has 10 heteroatoms. The molecule has 0 radical (unpaired) electrons. The minimum absolute atomic E-state index is 0.299. The highest BCUT2D eigenvalue weighted by Crippen LogP contribution is 2.26. The molecule has 0 saturated carbocycles. The van der Waals surface area contributed by atoms with Gasteiger partial charge in [-0.1, -0.05) is 12.1 Å². The van der Waals surface area contributed by atoms with E-state index in [1.54, 1.807) is 44.1 Å². The molecule has 30 heavy (non-hydrogen) atoms. The fourth-order valence-electron chi connectivity index (χ4n) is 3.07. The molecular formula is C20H20N6O4. The van der Waals surface area contributed by atoms with E-state index in [1.165, 1.54) is 4.57 Å². The van der Waals surface area contributed by atoms with Crippen LogP contribution in [-0.2, 0) is 20.6 Å². The maximum absolute atomic E-state index is 12.2. The first-order valence-corrected chi connectivity index (χ1v) is 9.13. The van der Waals surface area contributed by atoms with Crippen LogP contribution in [0.5, 0.6) is 17.4 Å². The fourth-order valence-corrected chi connectivity index (χ4v) is 3.07. The van der Waals surface area contributed by atoms with Crippen molar-refractivity contribution >= 4 is 17.1 Å². The van der Waals surface area contributed by atoms with Crippen molar-refractivity contribution in [3.8, 4) is 17.4 Å². The number of aryl methyl sites for hydroxylation is 2. The summed E-state index contributed by atoms with van der Waals surface area (Å²) in [5, 5.41) is 3.18. The maximum atomic E-state index is 12.2. The van der Waals surface area contributed by atoms with E-state index < -0.39 is 11.2 Å². The molecule has 0 aliphatic rings. The number of anilines is 1. The molecule has 0 amide bonds. The lowest BCUT2D eigenvalue weighted by atomic mass is 10.2. The van der Waals surface area contributed by atoms with Crippen LogP contribution < -0.4 is 26.0 Å². The van der Waals surface area contributed by atoms with E-state index in [-0.39, 0.29) is 0 Å². The monoisotopic (exact) mass is 408 g/mol. The lowest BCUT2D eigenvalue weighted by molar-refractivity contribution is 0.406. The summed E-state index contributed by atoms with van der Waals surface area (Å²) in [6.45, 7) is 0.343. The molecule has 0 saturated heterocycles. The van der Waals surface area contributed by atoms with E-state index in [4.69, 9.17) is 9.47 Å². The van der Waals surface area contributed by atoms with Crippen molar-refractivity contribution in [1.82, 2.24) is 24.1 Å². The zero-order valence-corrected chi connectivity index (χ0v) is 16.7. The smallest absolute Gasteiger partial charge is 0.329 e. The SMILES string of the molecule is COc1cccc(Oc2ncccc2CNc2nc3c(c(=O)[nH]c(=O)n3C)n2C)c1. The number of fused-ring (bicyclic) bond motifs is 1. The van der Waals surface area contributed by atoms with Crippen molar-refractivity contribution in [2.24, 2.45) is 14.1 Å². The van der Waals surface area contributed by atoms with Crippen LogP contribution in [0, 0.1) is 0 Å². The van der Waals surface area contributed by atoms with Gasteiger partial charge in [-0.15, -0.1) is 0 Å². The summed E-state index contributed by atoms with van der Waals surface area (Å²) >= 11 is 0. The Morgan fingerprint density at radius 1 is 1.10 bits per heavy atom. The van der Waals surface area contributed by atoms with Gasteiger partial charge in [-0.3, -0.25) is 14.3 Å². The molecular weight excluding hydrogens is 388 g/mol. The number of ether oxygens (including phenoxy) is 2. The molecule has 0 unspecified atom stereocenters. The molecule has 3 heterocycles. The van der Waals surface area contributed by atoms with Crippen LogP contribution in [-0.4, -0.2) is 31.2 Å². The zero-order valence-electron chi connectivity index (χ0n) is 16.7. The summed E-state index contributed by atoms with van der Waals surface area (Å²) in [4.78, 5) is 35.0. The molecule has 1 aromatic carbocycles. The Labute approximate surface area is 170 Å². The number of methoxy groups -OCH3 is 1. The van der Waals surface area contributed by atoms with Gasteiger partial charge in [0.1, 0.15) is 11.5 Å². The number of hydrogen-bond donors (Lipinski definition) is 2. The summed E-state index contributed by atoms with van der Waals surface area (Å²) in [6.07, 6.45) is 1.64. The normalized spacial score (nSPS) is 10.9. The van der Waals surface area contributed by atoms with E-state index >= 15 is 0 Å². The van der Waals surface area contributed by atoms with Gasteiger partial charge in [0.05, 0.1) is 7.11 Å². The van der Waals surface area contributed by atoms with Gasteiger partial charge >= 0.3 is 5.69 Å².